The highest BCUT2D eigenvalue weighted by Gasteiger charge is 2.14. The van der Waals surface area contributed by atoms with Gasteiger partial charge in [0.05, 0.1) is 0 Å². The van der Waals surface area contributed by atoms with Crippen LogP contribution in [0.2, 0.25) is 0 Å². The lowest BCUT2D eigenvalue weighted by Crippen LogP contribution is -2.40. The highest BCUT2D eigenvalue weighted by Crippen LogP contribution is 2.23. The summed E-state index contributed by atoms with van der Waals surface area (Å²) in [5, 5.41) is 15.9. The molecule has 0 saturated heterocycles. The van der Waals surface area contributed by atoms with Gasteiger partial charge >= 0.3 is 0 Å². The van der Waals surface area contributed by atoms with Crippen LogP contribution in [0.5, 0.6) is 0 Å². The summed E-state index contributed by atoms with van der Waals surface area (Å²) in [7, 11) is 0. The van der Waals surface area contributed by atoms with Crippen LogP contribution in [-0.2, 0) is 0 Å². The largest absolute Gasteiger partial charge is 0.396 e. The van der Waals surface area contributed by atoms with Crippen LogP contribution in [0.1, 0.15) is 30.9 Å². The number of nitrogens with one attached hydrogen (secondary N) is 2. The van der Waals surface area contributed by atoms with Crippen molar-refractivity contribution in [1.82, 2.24) is 10.6 Å². The van der Waals surface area contributed by atoms with Crippen LogP contribution in [-0.4, -0.2) is 37.3 Å². The Morgan fingerprint density at radius 2 is 1.52 bits per heavy atom. The molecule has 0 heterocycles. The van der Waals surface area contributed by atoms with Crippen molar-refractivity contribution >= 4 is 5.96 Å². The minimum Gasteiger partial charge on any atom is -0.396 e. The van der Waals surface area contributed by atoms with E-state index in [1.54, 1.807) is 0 Å². The maximum Gasteiger partial charge on any atom is 0.191 e. The van der Waals surface area contributed by atoms with Gasteiger partial charge in [0.25, 0.3) is 0 Å². The Morgan fingerprint density at radius 3 is 2.00 bits per heavy atom. The van der Waals surface area contributed by atoms with E-state index in [2.05, 4.69) is 71.1 Å². The van der Waals surface area contributed by atoms with Crippen molar-refractivity contribution in [3.63, 3.8) is 0 Å². The molecule has 0 aliphatic rings. The minimum absolute atomic E-state index is 0.152. The normalized spacial score (nSPS) is 12.9. The molecule has 0 saturated carbocycles. The van der Waals surface area contributed by atoms with E-state index in [1.807, 2.05) is 19.1 Å². The monoisotopic (exact) mass is 339 g/mol. The summed E-state index contributed by atoms with van der Waals surface area (Å²) >= 11 is 0. The molecule has 25 heavy (non-hydrogen) atoms. The Kier molecular flexibility index (Phi) is 7.99. The Labute approximate surface area is 151 Å². The van der Waals surface area contributed by atoms with E-state index in [9.17, 15) is 5.11 Å². The molecule has 1 unspecified atom stereocenters. The van der Waals surface area contributed by atoms with Crippen molar-refractivity contribution in [2.45, 2.75) is 19.8 Å². The van der Waals surface area contributed by atoms with Gasteiger partial charge in [0.15, 0.2) is 5.96 Å². The van der Waals surface area contributed by atoms with Gasteiger partial charge in [-0.1, -0.05) is 67.6 Å². The SMILES string of the molecule is CCNC(=NCC(C)CO)NCC(c1ccccc1)c1ccccc1. The maximum absolute atomic E-state index is 9.18. The first kappa shape index (κ1) is 19.0. The van der Waals surface area contributed by atoms with Gasteiger partial charge in [-0.05, 0) is 24.0 Å². The Bertz CT molecular complexity index is 589. The van der Waals surface area contributed by atoms with Gasteiger partial charge in [0, 0.05) is 32.2 Å². The predicted octanol–water partition coefficient (Wildman–Crippen LogP) is 3.00. The molecule has 0 spiro atoms. The average molecular weight is 339 g/mol. The van der Waals surface area contributed by atoms with Crippen molar-refractivity contribution in [1.29, 1.82) is 0 Å². The van der Waals surface area contributed by atoms with Crippen LogP contribution in [0.25, 0.3) is 0 Å². The van der Waals surface area contributed by atoms with E-state index in [1.165, 1.54) is 11.1 Å². The van der Waals surface area contributed by atoms with Crippen LogP contribution in [0.3, 0.4) is 0 Å². The number of hydrogen-bond acceptors (Lipinski definition) is 2. The average Bonchev–Trinajstić information content (AvgIpc) is 2.67. The molecule has 0 aliphatic heterocycles. The first-order valence-electron chi connectivity index (χ1n) is 8.97. The number of nitrogens with zero attached hydrogens (tertiary/aromatic N) is 1. The molecule has 1 atom stereocenters. The topological polar surface area (TPSA) is 56.7 Å². The molecule has 4 heteroatoms. The van der Waals surface area contributed by atoms with Gasteiger partial charge in [0.2, 0.25) is 0 Å². The first-order valence-corrected chi connectivity index (χ1v) is 8.97. The number of hydrogen-bond donors (Lipinski definition) is 3. The number of aliphatic hydroxyl groups is 1. The van der Waals surface area contributed by atoms with E-state index in [-0.39, 0.29) is 18.4 Å². The number of aliphatic hydroxyl groups excluding tert-OH is 1. The summed E-state index contributed by atoms with van der Waals surface area (Å²) in [5.41, 5.74) is 2.56. The molecule has 3 N–H and O–H groups in total. The summed E-state index contributed by atoms with van der Waals surface area (Å²) in [5.74, 6) is 1.20. The minimum atomic E-state index is 0.152. The fourth-order valence-electron chi connectivity index (χ4n) is 2.64. The molecule has 2 rings (SSSR count). The molecule has 4 nitrogen and oxygen atoms in total. The van der Waals surface area contributed by atoms with Gasteiger partial charge in [-0.15, -0.1) is 0 Å². The van der Waals surface area contributed by atoms with Crippen LogP contribution >= 0.6 is 0 Å². The highest BCUT2D eigenvalue weighted by molar-refractivity contribution is 5.79. The molecule has 0 aromatic heterocycles. The van der Waals surface area contributed by atoms with E-state index < -0.39 is 0 Å². The maximum atomic E-state index is 9.18. The van der Waals surface area contributed by atoms with E-state index in [4.69, 9.17) is 0 Å². The number of guanidine groups is 1. The second kappa shape index (κ2) is 10.5. The van der Waals surface area contributed by atoms with Crippen LogP contribution in [0.15, 0.2) is 65.7 Å². The van der Waals surface area contributed by atoms with Crippen LogP contribution < -0.4 is 10.6 Å². The zero-order chi connectivity index (χ0) is 17.9. The van der Waals surface area contributed by atoms with Crippen molar-refractivity contribution in [2.24, 2.45) is 10.9 Å². The van der Waals surface area contributed by atoms with Crippen molar-refractivity contribution in [3.8, 4) is 0 Å². The lowest BCUT2D eigenvalue weighted by molar-refractivity contribution is 0.241. The summed E-state index contributed by atoms with van der Waals surface area (Å²) in [6, 6.07) is 21.0. The lowest BCUT2D eigenvalue weighted by atomic mass is 9.91. The molecule has 0 radical (unpaired) electrons. The third-order valence-corrected chi connectivity index (χ3v) is 4.09. The first-order chi connectivity index (χ1) is 12.2. The molecule has 2 aromatic carbocycles. The molecule has 134 valence electrons. The molecule has 0 amide bonds. The highest BCUT2D eigenvalue weighted by atomic mass is 16.3. The van der Waals surface area contributed by atoms with Crippen molar-refractivity contribution in [3.05, 3.63) is 71.8 Å². The van der Waals surface area contributed by atoms with Gasteiger partial charge in [-0.2, -0.15) is 0 Å². The molecule has 0 bridgehead atoms. The number of benzene rings is 2. The van der Waals surface area contributed by atoms with E-state index in [0.29, 0.717) is 6.54 Å². The van der Waals surface area contributed by atoms with Crippen LogP contribution in [0.4, 0.5) is 0 Å². The van der Waals surface area contributed by atoms with Crippen LogP contribution in [0, 0.1) is 5.92 Å². The summed E-state index contributed by atoms with van der Waals surface area (Å²) in [6.07, 6.45) is 0. The number of aliphatic imine (C=N–C) groups is 1. The Hall–Kier alpha value is -2.33. The lowest BCUT2D eigenvalue weighted by Gasteiger charge is -2.21. The third kappa shape index (κ3) is 6.24. The fourth-order valence-corrected chi connectivity index (χ4v) is 2.64. The second-order valence-corrected chi connectivity index (χ2v) is 6.26. The van der Waals surface area contributed by atoms with E-state index in [0.717, 1.165) is 19.0 Å². The smallest absolute Gasteiger partial charge is 0.191 e. The molecular weight excluding hydrogens is 310 g/mol. The summed E-state index contributed by atoms with van der Waals surface area (Å²) in [6.45, 7) is 6.36. The Balaban J connectivity index is 2.13. The van der Waals surface area contributed by atoms with E-state index >= 15 is 0 Å². The Morgan fingerprint density at radius 1 is 0.960 bits per heavy atom. The zero-order valence-electron chi connectivity index (χ0n) is 15.2. The van der Waals surface area contributed by atoms with Gasteiger partial charge in [-0.3, -0.25) is 4.99 Å². The number of rotatable bonds is 8. The summed E-state index contributed by atoms with van der Waals surface area (Å²) < 4.78 is 0. The van der Waals surface area contributed by atoms with Crippen molar-refractivity contribution < 1.29 is 5.11 Å². The second-order valence-electron chi connectivity index (χ2n) is 6.26. The predicted molar refractivity (Wildman–Crippen MR) is 105 cm³/mol. The molecular formula is C21H29N3O. The van der Waals surface area contributed by atoms with Gasteiger partial charge < -0.3 is 15.7 Å². The third-order valence-electron chi connectivity index (χ3n) is 4.09. The summed E-state index contributed by atoms with van der Waals surface area (Å²) in [4.78, 5) is 4.58. The molecule has 0 fully saturated rings. The zero-order valence-corrected chi connectivity index (χ0v) is 15.2. The van der Waals surface area contributed by atoms with Gasteiger partial charge in [-0.25, -0.2) is 0 Å². The standard InChI is InChI=1S/C21H29N3O/c1-3-22-21(23-14-17(2)16-25)24-15-20(18-10-6-4-7-11-18)19-12-8-5-9-13-19/h4-13,17,20,25H,3,14-16H2,1-2H3,(H2,22,23,24). The molecule has 2 aromatic rings. The fraction of sp³-hybridized carbons (Fsp3) is 0.381. The quantitative estimate of drug-likeness (QED) is 0.512. The molecule has 0 aliphatic carbocycles. The van der Waals surface area contributed by atoms with Crippen molar-refractivity contribution in [2.75, 3.05) is 26.2 Å². The van der Waals surface area contributed by atoms with Gasteiger partial charge in [0.1, 0.15) is 0 Å².